The molecule has 0 amide bonds. The van der Waals surface area contributed by atoms with Gasteiger partial charge >= 0.3 is 0 Å². The molecular weight excluding hydrogens is 359 g/mol. The third-order valence-corrected chi connectivity index (χ3v) is 4.08. The van der Waals surface area contributed by atoms with Crippen LogP contribution in [-0.4, -0.2) is 4.98 Å². The Hall–Kier alpha value is -0.710. The molecular formula is C13H8BrCl2F2N. The second-order valence-electron chi connectivity index (χ2n) is 3.93. The van der Waals surface area contributed by atoms with E-state index in [0.717, 1.165) is 17.7 Å². The monoisotopic (exact) mass is 365 g/mol. The summed E-state index contributed by atoms with van der Waals surface area (Å²) < 4.78 is 27.1. The van der Waals surface area contributed by atoms with E-state index in [-0.39, 0.29) is 10.6 Å². The van der Waals surface area contributed by atoms with Crippen molar-refractivity contribution in [3.63, 3.8) is 0 Å². The van der Waals surface area contributed by atoms with Gasteiger partial charge in [0, 0.05) is 22.8 Å². The van der Waals surface area contributed by atoms with Gasteiger partial charge in [-0.25, -0.2) is 8.78 Å². The molecule has 0 aliphatic heterocycles. The van der Waals surface area contributed by atoms with E-state index in [2.05, 4.69) is 20.9 Å². The Morgan fingerprint density at radius 3 is 2.58 bits per heavy atom. The van der Waals surface area contributed by atoms with Crippen molar-refractivity contribution in [3.8, 4) is 0 Å². The van der Waals surface area contributed by atoms with E-state index in [0.29, 0.717) is 11.4 Å². The normalized spacial score (nSPS) is 12.5. The summed E-state index contributed by atoms with van der Waals surface area (Å²) >= 11 is 14.8. The second-order valence-corrected chi connectivity index (χ2v) is 5.85. The van der Waals surface area contributed by atoms with Crippen LogP contribution in [0.2, 0.25) is 10.0 Å². The van der Waals surface area contributed by atoms with Gasteiger partial charge in [0.25, 0.3) is 0 Å². The first-order chi connectivity index (χ1) is 8.99. The molecule has 0 radical (unpaired) electrons. The van der Waals surface area contributed by atoms with Crippen molar-refractivity contribution in [1.82, 2.24) is 4.98 Å². The third-order valence-electron chi connectivity index (χ3n) is 2.63. The lowest BCUT2D eigenvalue weighted by atomic mass is 10.0. The average molecular weight is 367 g/mol. The molecule has 1 aromatic carbocycles. The number of nitrogens with zero attached hydrogens (tertiary/aromatic N) is 1. The molecule has 0 saturated heterocycles. The van der Waals surface area contributed by atoms with E-state index in [1.54, 1.807) is 12.3 Å². The number of rotatable bonds is 3. The van der Waals surface area contributed by atoms with Gasteiger partial charge in [0.15, 0.2) is 0 Å². The summed E-state index contributed by atoms with van der Waals surface area (Å²) in [6.45, 7) is 0. The molecule has 1 unspecified atom stereocenters. The summed E-state index contributed by atoms with van der Waals surface area (Å²) in [5, 5.41) is 0.254. The molecule has 0 fully saturated rings. The third kappa shape index (κ3) is 3.44. The molecule has 2 aromatic rings. The van der Waals surface area contributed by atoms with Crippen LogP contribution >= 0.6 is 39.1 Å². The molecule has 6 heteroatoms. The van der Waals surface area contributed by atoms with Crippen LogP contribution in [0, 0.1) is 11.6 Å². The largest absolute Gasteiger partial charge is 0.263 e. The quantitative estimate of drug-likeness (QED) is 0.527. The number of benzene rings is 1. The van der Waals surface area contributed by atoms with E-state index in [1.165, 1.54) is 6.20 Å². The SMILES string of the molecule is Fc1cc(C(Br)Cc2ccncc2Cl)c(F)cc1Cl. The Morgan fingerprint density at radius 2 is 1.89 bits per heavy atom. The summed E-state index contributed by atoms with van der Waals surface area (Å²) in [4.78, 5) is 3.47. The Bertz CT molecular complexity index is 607. The second kappa shape index (κ2) is 6.16. The smallest absolute Gasteiger partial charge is 0.142 e. The number of alkyl halides is 1. The molecule has 0 N–H and O–H groups in total. The van der Waals surface area contributed by atoms with Crippen molar-refractivity contribution in [2.45, 2.75) is 11.2 Å². The summed E-state index contributed by atoms with van der Waals surface area (Å²) in [5.74, 6) is -1.21. The fraction of sp³-hybridized carbons (Fsp3) is 0.154. The lowest BCUT2D eigenvalue weighted by molar-refractivity contribution is 0.584. The molecule has 0 saturated carbocycles. The standard InChI is InChI=1S/C13H8BrCl2F2N/c14-9(3-7-1-2-19-6-11(7)16)8-4-13(18)10(15)5-12(8)17/h1-2,4-6,9H,3H2. The van der Waals surface area contributed by atoms with Crippen LogP contribution in [0.15, 0.2) is 30.6 Å². The Labute approximate surface area is 127 Å². The molecule has 19 heavy (non-hydrogen) atoms. The predicted molar refractivity (Wildman–Crippen MR) is 76.0 cm³/mol. The number of hydrogen-bond donors (Lipinski definition) is 0. The lowest BCUT2D eigenvalue weighted by Gasteiger charge is -2.13. The van der Waals surface area contributed by atoms with Crippen LogP contribution < -0.4 is 0 Å². The van der Waals surface area contributed by atoms with Gasteiger partial charge in [-0.1, -0.05) is 39.1 Å². The first kappa shape index (κ1) is 14.7. The van der Waals surface area contributed by atoms with Gasteiger partial charge in [-0.2, -0.15) is 0 Å². The van der Waals surface area contributed by atoms with Gasteiger partial charge in [0.1, 0.15) is 11.6 Å². The van der Waals surface area contributed by atoms with E-state index >= 15 is 0 Å². The first-order valence-electron chi connectivity index (χ1n) is 5.36. The van der Waals surface area contributed by atoms with Gasteiger partial charge in [0.2, 0.25) is 0 Å². The fourth-order valence-electron chi connectivity index (χ4n) is 1.65. The molecule has 2 rings (SSSR count). The molecule has 0 bridgehead atoms. The van der Waals surface area contributed by atoms with Crippen molar-refractivity contribution in [2.75, 3.05) is 0 Å². The van der Waals surface area contributed by atoms with Crippen molar-refractivity contribution in [3.05, 3.63) is 63.4 Å². The highest BCUT2D eigenvalue weighted by molar-refractivity contribution is 9.09. The summed E-state index contributed by atoms with van der Waals surface area (Å²) in [7, 11) is 0. The van der Waals surface area contributed by atoms with Crippen molar-refractivity contribution in [2.24, 2.45) is 0 Å². The minimum Gasteiger partial charge on any atom is -0.263 e. The maximum atomic E-state index is 13.8. The van der Waals surface area contributed by atoms with Crippen LogP contribution in [0.5, 0.6) is 0 Å². The maximum absolute atomic E-state index is 13.8. The number of halogens is 5. The zero-order valence-electron chi connectivity index (χ0n) is 9.51. The predicted octanol–water partition coefficient (Wildman–Crippen LogP) is 5.35. The van der Waals surface area contributed by atoms with Crippen LogP contribution in [0.3, 0.4) is 0 Å². The summed E-state index contributed by atoms with van der Waals surface area (Å²) in [6.07, 6.45) is 3.52. The highest BCUT2D eigenvalue weighted by atomic mass is 79.9. The van der Waals surface area contributed by atoms with Crippen LogP contribution in [0.1, 0.15) is 16.0 Å². The lowest BCUT2D eigenvalue weighted by Crippen LogP contribution is -2.01. The van der Waals surface area contributed by atoms with Crippen LogP contribution in [0.4, 0.5) is 8.78 Å². The molecule has 0 aliphatic rings. The van der Waals surface area contributed by atoms with Crippen LogP contribution in [0.25, 0.3) is 0 Å². The van der Waals surface area contributed by atoms with Crippen molar-refractivity contribution >= 4 is 39.1 Å². The van der Waals surface area contributed by atoms with Gasteiger partial charge in [0.05, 0.1) is 10.0 Å². The molecule has 0 aliphatic carbocycles. The molecule has 1 nitrogen and oxygen atoms in total. The van der Waals surface area contributed by atoms with Crippen molar-refractivity contribution < 1.29 is 8.78 Å². The van der Waals surface area contributed by atoms with Gasteiger partial charge in [-0.15, -0.1) is 0 Å². The first-order valence-corrected chi connectivity index (χ1v) is 7.03. The topological polar surface area (TPSA) is 12.9 Å². The average Bonchev–Trinajstić information content (AvgIpc) is 2.36. The highest BCUT2D eigenvalue weighted by Gasteiger charge is 2.17. The molecule has 0 spiro atoms. The highest BCUT2D eigenvalue weighted by Crippen LogP contribution is 2.33. The van der Waals surface area contributed by atoms with E-state index in [9.17, 15) is 8.78 Å². The Balaban J connectivity index is 2.28. The van der Waals surface area contributed by atoms with Gasteiger partial charge < -0.3 is 0 Å². The van der Waals surface area contributed by atoms with Gasteiger partial charge in [-0.05, 0) is 30.2 Å². The minimum atomic E-state index is -0.650. The maximum Gasteiger partial charge on any atom is 0.142 e. The fourth-order valence-corrected chi connectivity index (χ4v) is 2.70. The molecule has 1 atom stereocenters. The number of hydrogen-bond acceptors (Lipinski definition) is 1. The summed E-state index contributed by atoms with van der Waals surface area (Å²) in [6, 6.07) is 3.79. The molecule has 100 valence electrons. The molecule has 1 aromatic heterocycles. The number of aromatic nitrogens is 1. The minimum absolute atomic E-state index is 0.203. The van der Waals surface area contributed by atoms with E-state index in [4.69, 9.17) is 23.2 Å². The van der Waals surface area contributed by atoms with Crippen molar-refractivity contribution in [1.29, 1.82) is 0 Å². The number of pyridine rings is 1. The van der Waals surface area contributed by atoms with E-state index in [1.807, 2.05) is 0 Å². The zero-order valence-corrected chi connectivity index (χ0v) is 12.6. The molecule has 1 heterocycles. The van der Waals surface area contributed by atoms with Gasteiger partial charge in [-0.3, -0.25) is 4.98 Å². The van der Waals surface area contributed by atoms with Crippen LogP contribution in [-0.2, 0) is 6.42 Å². The van der Waals surface area contributed by atoms with E-state index < -0.39 is 16.5 Å². The summed E-state index contributed by atoms with van der Waals surface area (Å²) in [5.41, 5.74) is 1.00. The zero-order chi connectivity index (χ0) is 14.0. The Kier molecular flexibility index (Phi) is 4.76. The Morgan fingerprint density at radius 1 is 1.16 bits per heavy atom.